The van der Waals surface area contributed by atoms with E-state index >= 15 is 0 Å². The second kappa shape index (κ2) is 7.61. The minimum absolute atomic E-state index is 0.604. The molecule has 0 radical (unpaired) electrons. The van der Waals surface area contributed by atoms with Gasteiger partial charge in [-0.05, 0) is 56.0 Å². The van der Waals surface area contributed by atoms with Crippen LogP contribution in [-0.2, 0) is 6.42 Å². The van der Waals surface area contributed by atoms with Crippen LogP contribution in [0.3, 0.4) is 0 Å². The number of likely N-dealkylation sites (tertiary alicyclic amines) is 1. The summed E-state index contributed by atoms with van der Waals surface area (Å²) in [6.45, 7) is 9.33. The topological polar surface area (TPSA) is 28.2 Å². The summed E-state index contributed by atoms with van der Waals surface area (Å²) >= 11 is 0. The molecule has 2 rings (SSSR count). The number of pyridine rings is 1. The van der Waals surface area contributed by atoms with E-state index < -0.39 is 0 Å². The normalized spacial score (nSPS) is 20.9. The van der Waals surface area contributed by atoms with E-state index in [4.69, 9.17) is 0 Å². The van der Waals surface area contributed by atoms with Crippen LogP contribution in [0.25, 0.3) is 0 Å². The van der Waals surface area contributed by atoms with Gasteiger partial charge in [0.15, 0.2) is 0 Å². The molecule has 1 aromatic heterocycles. The van der Waals surface area contributed by atoms with Gasteiger partial charge in [-0.25, -0.2) is 0 Å². The molecule has 1 atom stereocenters. The quantitative estimate of drug-likeness (QED) is 0.852. The van der Waals surface area contributed by atoms with Gasteiger partial charge in [0.1, 0.15) is 0 Å². The zero-order valence-corrected chi connectivity index (χ0v) is 12.3. The molecule has 1 saturated heterocycles. The zero-order valence-electron chi connectivity index (χ0n) is 12.3. The Bertz CT molecular complexity index is 350. The highest BCUT2D eigenvalue weighted by atomic mass is 15.1. The highest BCUT2D eigenvalue weighted by molar-refractivity contribution is 5.09. The SMILES string of the molecule is CC(C)NCC1CCCN(CCc2ccncc2)C1. The molecule has 1 aliphatic heterocycles. The van der Waals surface area contributed by atoms with Gasteiger partial charge in [-0.1, -0.05) is 13.8 Å². The van der Waals surface area contributed by atoms with E-state index in [-0.39, 0.29) is 0 Å². The van der Waals surface area contributed by atoms with Crippen molar-refractivity contribution in [3.8, 4) is 0 Å². The molecule has 19 heavy (non-hydrogen) atoms. The first-order valence-electron chi connectivity index (χ1n) is 7.58. The molecule has 0 spiro atoms. The van der Waals surface area contributed by atoms with Crippen molar-refractivity contribution in [2.45, 2.75) is 39.2 Å². The van der Waals surface area contributed by atoms with E-state index in [1.54, 1.807) is 0 Å². The second-order valence-corrected chi connectivity index (χ2v) is 5.98. The Labute approximate surface area is 117 Å². The van der Waals surface area contributed by atoms with Crippen molar-refractivity contribution in [3.05, 3.63) is 30.1 Å². The van der Waals surface area contributed by atoms with Crippen molar-refractivity contribution >= 4 is 0 Å². The summed E-state index contributed by atoms with van der Waals surface area (Å²) in [5, 5.41) is 3.57. The fourth-order valence-corrected chi connectivity index (χ4v) is 2.76. The van der Waals surface area contributed by atoms with Gasteiger partial charge in [-0.2, -0.15) is 0 Å². The lowest BCUT2D eigenvalue weighted by Gasteiger charge is -2.33. The molecular formula is C16H27N3. The largest absolute Gasteiger partial charge is 0.314 e. The van der Waals surface area contributed by atoms with Gasteiger partial charge < -0.3 is 10.2 Å². The number of piperidine rings is 1. The van der Waals surface area contributed by atoms with E-state index in [0.29, 0.717) is 6.04 Å². The van der Waals surface area contributed by atoms with Crippen LogP contribution in [0.5, 0.6) is 0 Å². The lowest BCUT2D eigenvalue weighted by atomic mass is 9.97. The van der Waals surface area contributed by atoms with Crippen LogP contribution >= 0.6 is 0 Å². The Balaban J connectivity index is 1.72. The predicted octanol–water partition coefficient (Wildman–Crippen LogP) is 2.33. The minimum Gasteiger partial charge on any atom is -0.314 e. The van der Waals surface area contributed by atoms with Crippen LogP contribution in [0.4, 0.5) is 0 Å². The maximum absolute atomic E-state index is 4.07. The predicted molar refractivity (Wildman–Crippen MR) is 80.2 cm³/mol. The van der Waals surface area contributed by atoms with Crippen LogP contribution < -0.4 is 5.32 Å². The summed E-state index contributed by atoms with van der Waals surface area (Å²) in [4.78, 5) is 6.69. The second-order valence-electron chi connectivity index (χ2n) is 5.98. The first-order chi connectivity index (χ1) is 9.24. The number of rotatable bonds is 6. The van der Waals surface area contributed by atoms with E-state index in [2.05, 4.69) is 41.2 Å². The molecule has 0 aliphatic carbocycles. The van der Waals surface area contributed by atoms with E-state index in [0.717, 1.165) is 12.3 Å². The molecule has 1 N–H and O–H groups in total. The Morgan fingerprint density at radius 2 is 2.16 bits per heavy atom. The molecule has 106 valence electrons. The summed E-state index contributed by atoms with van der Waals surface area (Å²) in [5.41, 5.74) is 1.40. The molecule has 1 aromatic rings. The molecule has 0 bridgehead atoms. The number of aromatic nitrogens is 1. The Hall–Kier alpha value is -0.930. The molecule has 0 amide bonds. The molecular weight excluding hydrogens is 234 g/mol. The molecule has 0 aromatic carbocycles. The summed E-state index contributed by atoms with van der Waals surface area (Å²) in [5.74, 6) is 0.827. The molecule has 1 aliphatic rings. The Morgan fingerprint density at radius 1 is 1.37 bits per heavy atom. The van der Waals surface area contributed by atoms with Crippen molar-refractivity contribution in [2.24, 2.45) is 5.92 Å². The summed E-state index contributed by atoms with van der Waals surface area (Å²) < 4.78 is 0. The first-order valence-corrected chi connectivity index (χ1v) is 7.58. The van der Waals surface area contributed by atoms with E-state index in [1.807, 2.05) is 12.4 Å². The average Bonchev–Trinajstić information content (AvgIpc) is 2.44. The van der Waals surface area contributed by atoms with E-state index in [9.17, 15) is 0 Å². The molecule has 3 heteroatoms. The Morgan fingerprint density at radius 3 is 2.89 bits per heavy atom. The van der Waals surface area contributed by atoms with Crippen LogP contribution in [0, 0.1) is 5.92 Å². The van der Waals surface area contributed by atoms with Crippen molar-refractivity contribution in [2.75, 3.05) is 26.2 Å². The van der Waals surface area contributed by atoms with Crippen LogP contribution in [0.1, 0.15) is 32.3 Å². The molecule has 1 unspecified atom stereocenters. The maximum atomic E-state index is 4.07. The van der Waals surface area contributed by atoms with Crippen molar-refractivity contribution in [1.29, 1.82) is 0 Å². The number of nitrogens with zero attached hydrogens (tertiary/aromatic N) is 2. The fourth-order valence-electron chi connectivity index (χ4n) is 2.76. The van der Waals surface area contributed by atoms with Crippen LogP contribution in [0.15, 0.2) is 24.5 Å². The smallest absolute Gasteiger partial charge is 0.0270 e. The standard InChI is InChI=1S/C16H27N3/c1-14(2)18-12-16-4-3-10-19(13-16)11-7-15-5-8-17-9-6-15/h5-6,8-9,14,16,18H,3-4,7,10-13H2,1-2H3. The molecule has 2 heterocycles. The molecule has 0 saturated carbocycles. The van der Waals surface area contributed by atoms with Gasteiger partial charge in [0.05, 0.1) is 0 Å². The van der Waals surface area contributed by atoms with Crippen LogP contribution in [0.2, 0.25) is 0 Å². The lowest BCUT2D eigenvalue weighted by Crippen LogP contribution is -2.41. The molecule has 1 fully saturated rings. The summed E-state index contributed by atoms with van der Waals surface area (Å²) in [6, 6.07) is 4.86. The number of hydrogen-bond acceptors (Lipinski definition) is 3. The van der Waals surface area contributed by atoms with Gasteiger partial charge in [0.2, 0.25) is 0 Å². The van der Waals surface area contributed by atoms with E-state index in [1.165, 1.54) is 44.6 Å². The van der Waals surface area contributed by atoms with Gasteiger partial charge in [0, 0.05) is 31.5 Å². The third kappa shape index (κ3) is 5.29. The summed E-state index contributed by atoms with van der Waals surface area (Å²) in [6.07, 6.45) is 7.65. The summed E-state index contributed by atoms with van der Waals surface area (Å²) in [7, 11) is 0. The Kier molecular flexibility index (Phi) is 5.80. The minimum atomic E-state index is 0.604. The fraction of sp³-hybridized carbons (Fsp3) is 0.688. The van der Waals surface area contributed by atoms with Gasteiger partial charge >= 0.3 is 0 Å². The number of nitrogens with one attached hydrogen (secondary N) is 1. The third-order valence-electron chi connectivity index (χ3n) is 3.88. The first kappa shape index (κ1) is 14.5. The molecule has 3 nitrogen and oxygen atoms in total. The van der Waals surface area contributed by atoms with Gasteiger partial charge in [-0.15, -0.1) is 0 Å². The van der Waals surface area contributed by atoms with Crippen molar-refractivity contribution in [1.82, 2.24) is 15.2 Å². The highest BCUT2D eigenvalue weighted by Crippen LogP contribution is 2.16. The maximum Gasteiger partial charge on any atom is 0.0270 e. The third-order valence-corrected chi connectivity index (χ3v) is 3.88. The van der Waals surface area contributed by atoms with Crippen LogP contribution in [-0.4, -0.2) is 42.1 Å². The van der Waals surface area contributed by atoms with Crippen molar-refractivity contribution < 1.29 is 0 Å². The van der Waals surface area contributed by atoms with Gasteiger partial charge in [-0.3, -0.25) is 4.98 Å². The number of hydrogen-bond donors (Lipinski definition) is 1. The van der Waals surface area contributed by atoms with Crippen molar-refractivity contribution in [3.63, 3.8) is 0 Å². The van der Waals surface area contributed by atoms with Gasteiger partial charge in [0.25, 0.3) is 0 Å². The zero-order chi connectivity index (χ0) is 13.5. The average molecular weight is 261 g/mol. The lowest BCUT2D eigenvalue weighted by molar-refractivity contribution is 0.172. The highest BCUT2D eigenvalue weighted by Gasteiger charge is 2.19. The monoisotopic (exact) mass is 261 g/mol.